The number of carbonyl (C=O) groups is 2. The van der Waals surface area contributed by atoms with Gasteiger partial charge in [-0.3, -0.25) is 9.20 Å². The Morgan fingerprint density at radius 3 is 3.00 bits per heavy atom. The summed E-state index contributed by atoms with van der Waals surface area (Å²) in [5.41, 5.74) is 0.601. The van der Waals surface area contributed by atoms with E-state index in [2.05, 4.69) is 10.3 Å². The second-order valence-electron chi connectivity index (χ2n) is 3.66. The monoisotopic (exact) mass is 269 g/mol. The number of aromatic nitrogens is 2. The molecule has 2 heterocycles. The molecule has 0 aromatic carbocycles. The maximum Gasteiger partial charge on any atom is 0.334 e. The summed E-state index contributed by atoms with van der Waals surface area (Å²) < 4.78 is 1.80. The van der Waals surface area contributed by atoms with Gasteiger partial charge in [-0.1, -0.05) is 0 Å². The molecule has 0 saturated heterocycles. The molecule has 3 N–H and O–H groups in total. The smallest absolute Gasteiger partial charge is 0.334 e. The molecule has 0 aliphatic rings. The van der Waals surface area contributed by atoms with Crippen LogP contribution >= 0.6 is 11.3 Å². The Hall–Kier alpha value is -1.93. The molecular weight excluding hydrogens is 258 g/mol. The molecule has 1 atom stereocenters. The molecule has 0 saturated carbocycles. The highest BCUT2D eigenvalue weighted by Gasteiger charge is 2.15. The fraction of sp³-hybridized carbons (Fsp3) is 0.300. The molecular formula is C10H11N3O4S. The van der Waals surface area contributed by atoms with Crippen molar-refractivity contribution in [2.75, 3.05) is 6.54 Å². The maximum atomic E-state index is 11.5. The van der Waals surface area contributed by atoms with Crippen LogP contribution in [0.2, 0.25) is 0 Å². The number of aliphatic hydroxyl groups excluding tert-OH is 1. The van der Waals surface area contributed by atoms with Gasteiger partial charge in [0, 0.05) is 17.8 Å². The highest BCUT2D eigenvalue weighted by atomic mass is 32.1. The minimum Gasteiger partial charge on any atom is -0.479 e. The number of nitrogens with zero attached hydrogens (tertiary/aromatic N) is 2. The SMILES string of the molecule is O=C(Cc1cn2ccsc2n1)NCC(O)C(=O)O. The van der Waals surface area contributed by atoms with Crippen molar-refractivity contribution >= 4 is 28.2 Å². The van der Waals surface area contributed by atoms with Crippen LogP contribution in [0.15, 0.2) is 17.8 Å². The quantitative estimate of drug-likeness (QED) is 0.679. The lowest BCUT2D eigenvalue weighted by atomic mass is 10.3. The van der Waals surface area contributed by atoms with Crippen molar-refractivity contribution in [3.05, 3.63) is 23.5 Å². The molecule has 2 aromatic rings. The van der Waals surface area contributed by atoms with Gasteiger partial charge in [-0.15, -0.1) is 11.3 Å². The van der Waals surface area contributed by atoms with E-state index in [1.807, 2.05) is 11.6 Å². The highest BCUT2D eigenvalue weighted by Crippen LogP contribution is 2.11. The number of aliphatic carboxylic acids is 1. The summed E-state index contributed by atoms with van der Waals surface area (Å²) in [6.45, 7) is -0.309. The van der Waals surface area contributed by atoms with Gasteiger partial charge in [-0.25, -0.2) is 9.78 Å². The Morgan fingerprint density at radius 1 is 1.56 bits per heavy atom. The number of hydrogen-bond acceptors (Lipinski definition) is 5. The predicted octanol–water partition coefficient (Wildman–Crippen LogP) is -0.500. The zero-order valence-electron chi connectivity index (χ0n) is 9.24. The average molecular weight is 269 g/mol. The number of thiazole rings is 1. The molecule has 1 unspecified atom stereocenters. The number of carboxylic acids is 1. The number of imidazole rings is 1. The van der Waals surface area contributed by atoms with Crippen molar-refractivity contribution in [3.8, 4) is 0 Å². The Morgan fingerprint density at radius 2 is 2.33 bits per heavy atom. The third-order valence-electron chi connectivity index (χ3n) is 2.26. The van der Waals surface area contributed by atoms with Gasteiger partial charge in [0.05, 0.1) is 18.7 Å². The zero-order chi connectivity index (χ0) is 13.1. The van der Waals surface area contributed by atoms with Crippen LogP contribution in [-0.2, 0) is 16.0 Å². The van der Waals surface area contributed by atoms with Gasteiger partial charge in [0.2, 0.25) is 5.91 Å². The van der Waals surface area contributed by atoms with Crippen molar-refractivity contribution in [3.63, 3.8) is 0 Å². The normalized spacial score (nSPS) is 12.5. The highest BCUT2D eigenvalue weighted by molar-refractivity contribution is 7.15. The van der Waals surface area contributed by atoms with E-state index in [9.17, 15) is 9.59 Å². The van der Waals surface area contributed by atoms with E-state index in [1.54, 1.807) is 10.6 Å². The number of amides is 1. The number of aliphatic hydroxyl groups is 1. The van der Waals surface area contributed by atoms with Crippen LogP contribution in [0, 0.1) is 0 Å². The van der Waals surface area contributed by atoms with Crippen molar-refractivity contribution < 1.29 is 19.8 Å². The van der Waals surface area contributed by atoms with Crippen LogP contribution in [0.1, 0.15) is 5.69 Å². The third kappa shape index (κ3) is 2.84. The van der Waals surface area contributed by atoms with Gasteiger partial charge in [0.1, 0.15) is 0 Å². The summed E-state index contributed by atoms with van der Waals surface area (Å²) in [5, 5.41) is 21.6. The topological polar surface area (TPSA) is 104 Å². The van der Waals surface area contributed by atoms with Crippen LogP contribution in [0.5, 0.6) is 0 Å². The first kappa shape index (κ1) is 12.5. The van der Waals surface area contributed by atoms with Crippen LogP contribution < -0.4 is 5.32 Å². The molecule has 0 radical (unpaired) electrons. The van der Waals surface area contributed by atoms with E-state index in [1.165, 1.54) is 11.3 Å². The number of rotatable bonds is 5. The maximum absolute atomic E-state index is 11.5. The molecule has 18 heavy (non-hydrogen) atoms. The molecule has 0 aliphatic carbocycles. The van der Waals surface area contributed by atoms with E-state index in [4.69, 9.17) is 10.2 Å². The molecule has 8 heteroatoms. The van der Waals surface area contributed by atoms with Crippen molar-refractivity contribution in [2.45, 2.75) is 12.5 Å². The fourth-order valence-corrected chi connectivity index (χ4v) is 2.11. The zero-order valence-corrected chi connectivity index (χ0v) is 10.1. The first-order valence-corrected chi connectivity index (χ1v) is 6.03. The molecule has 0 fully saturated rings. The summed E-state index contributed by atoms with van der Waals surface area (Å²) in [6, 6.07) is 0. The van der Waals surface area contributed by atoms with Crippen LogP contribution in [0.3, 0.4) is 0 Å². The number of hydrogen-bond donors (Lipinski definition) is 3. The second-order valence-corrected chi connectivity index (χ2v) is 4.53. The Labute approximate surface area is 106 Å². The van der Waals surface area contributed by atoms with Gasteiger partial charge < -0.3 is 15.5 Å². The molecule has 0 aliphatic heterocycles. The van der Waals surface area contributed by atoms with E-state index in [-0.39, 0.29) is 18.9 Å². The molecule has 2 rings (SSSR count). The van der Waals surface area contributed by atoms with Crippen molar-refractivity contribution in [1.29, 1.82) is 0 Å². The van der Waals surface area contributed by atoms with Gasteiger partial charge in [-0.05, 0) is 0 Å². The van der Waals surface area contributed by atoms with Gasteiger partial charge in [0.25, 0.3) is 0 Å². The van der Waals surface area contributed by atoms with Gasteiger partial charge in [-0.2, -0.15) is 0 Å². The lowest BCUT2D eigenvalue weighted by Crippen LogP contribution is -2.37. The standard InChI is InChI=1S/C10H11N3O4S/c14-7(9(16)17)4-11-8(15)3-6-5-13-1-2-18-10(13)12-6/h1-2,5,7,14H,3-4H2,(H,11,15)(H,16,17). The first-order chi connectivity index (χ1) is 8.56. The Bertz CT molecular complexity index is 548. The van der Waals surface area contributed by atoms with Crippen molar-refractivity contribution in [2.24, 2.45) is 0 Å². The lowest BCUT2D eigenvalue weighted by Gasteiger charge is -2.06. The molecule has 0 bridgehead atoms. The number of carboxylic acid groups (broad SMARTS) is 1. The van der Waals surface area contributed by atoms with Crippen LogP contribution in [0.25, 0.3) is 4.96 Å². The first-order valence-electron chi connectivity index (χ1n) is 5.15. The van der Waals surface area contributed by atoms with Crippen LogP contribution in [-0.4, -0.2) is 44.1 Å². The lowest BCUT2D eigenvalue weighted by molar-refractivity contribution is -0.146. The second kappa shape index (κ2) is 5.15. The molecule has 7 nitrogen and oxygen atoms in total. The Kier molecular flexibility index (Phi) is 3.58. The van der Waals surface area contributed by atoms with E-state index in [0.717, 1.165) is 4.96 Å². The van der Waals surface area contributed by atoms with Gasteiger partial charge >= 0.3 is 5.97 Å². The molecule has 96 valence electrons. The Balaban J connectivity index is 1.87. The third-order valence-corrected chi connectivity index (χ3v) is 3.03. The number of nitrogens with one attached hydrogen (secondary N) is 1. The van der Waals surface area contributed by atoms with E-state index >= 15 is 0 Å². The predicted molar refractivity (Wildman–Crippen MR) is 63.4 cm³/mol. The van der Waals surface area contributed by atoms with Crippen LogP contribution in [0.4, 0.5) is 0 Å². The van der Waals surface area contributed by atoms with E-state index in [0.29, 0.717) is 5.69 Å². The number of fused-ring (bicyclic) bond motifs is 1. The van der Waals surface area contributed by atoms with Gasteiger partial charge in [0.15, 0.2) is 11.1 Å². The van der Waals surface area contributed by atoms with E-state index < -0.39 is 12.1 Å². The molecule has 2 aromatic heterocycles. The summed E-state index contributed by atoms with van der Waals surface area (Å²) in [6.07, 6.45) is 2.04. The summed E-state index contributed by atoms with van der Waals surface area (Å²) in [4.78, 5) is 26.8. The minimum absolute atomic E-state index is 0.0563. The summed E-state index contributed by atoms with van der Waals surface area (Å²) >= 11 is 1.46. The summed E-state index contributed by atoms with van der Waals surface area (Å²) in [7, 11) is 0. The minimum atomic E-state index is -1.58. The molecule has 0 spiro atoms. The van der Waals surface area contributed by atoms with Crippen molar-refractivity contribution in [1.82, 2.24) is 14.7 Å². The number of carbonyl (C=O) groups excluding carboxylic acids is 1. The summed E-state index contributed by atoms with van der Waals surface area (Å²) in [5.74, 6) is -1.74. The fourth-order valence-electron chi connectivity index (χ4n) is 1.39. The molecule has 1 amide bonds. The average Bonchev–Trinajstić information content (AvgIpc) is 2.85. The largest absolute Gasteiger partial charge is 0.479 e.